The van der Waals surface area contributed by atoms with Gasteiger partial charge in [-0.1, -0.05) is 30.3 Å². The van der Waals surface area contributed by atoms with Crippen molar-refractivity contribution in [2.45, 2.75) is 6.42 Å². The van der Waals surface area contributed by atoms with Crippen LogP contribution in [0.15, 0.2) is 35.5 Å². The van der Waals surface area contributed by atoms with E-state index in [1.165, 1.54) is 6.21 Å². The Morgan fingerprint density at radius 1 is 1.30 bits per heavy atom. The molecule has 0 aromatic heterocycles. The highest BCUT2D eigenvalue weighted by Gasteiger charge is 1.84. The predicted octanol–water partition coefficient (Wildman–Crippen LogP) is 1.69. The molecule has 0 amide bonds. The maximum Gasteiger partial charge on any atom is 0.0479 e. The molecule has 0 unspecified atom stereocenters. The average molecular weight is 135 g/mol. The Morgan fingerprint density at radius 3 is 2.60 bits per heavy atom. The molecule has 1 aromatic rings. The monoisotopic (exact) mass is 135 g/mol. The number of oxime groups is 1. The fourth-order valence-electron chi connectivity index (χ4n) is 0.760. The van der Waals surface area contributed by atoms with Crippen molar-refractivity contribution in [3.8, 4) is 0 Å². The molecule has 52 valence electrons. The van der Waals surface area contributed by atoms with E-state index < -0.39 is 0 Å². The van der Waals surface area contributed by atoms with Crippen LogP contribution in [0.3, 0.4) is 0 Å². The molecule has 0 radical (unpaired) electrons. The van der Waals surface area contributed by atoms with Crippen LogP contribution < -0.4 is 0 Å². The average Bonchev–Trinajstić information content (AvgIpc) is 2.03. The minimum Gasteiger partial charge on any atom is -0.411 e. The van der Waals surface area contributed by atoms with Gasteiger partial charge >= 0.3 is 0 Å². The molecule has 10 heavy (non-hydrogen) atoms. The Balaban J connectivity index is 2.59. The van der Waals surface area contributed by atoms with Crippen LogP contribution in [0.2, 0.25) is 0 Å². The third kappa shape index (κ3) is 1.90. The Hall–Kier alpha value is -1.31. The molecule has 1 N–H and O–H groups in total. The van der Waals surface area contributed by atoms with Crippen LogP contribution >= 0.6 is 0 Å². The molecule has 1 aromatic carbocycles. The molecular weight excluding hydrogens is 126 g/mol. The molecule has 0 heterocycles. The second kappa shape index (κ2) is 3.67. The highest BCUT2D eigenvalue weighted by Crippen LogP contribution is 1.96. The number of nitrogens with zero attached hydrogens (tertiary/aromatic N) is 1. The summed E-state index contributed by atoms with van der Waals surface area (Å²) >= 11 is 0. The maximum atomic E-state index is 8.10. The van der Waals surface area contributed by atoms with Gasteiger partial charge in [-0.2, -0.15) is 0 Å². The molecule has 0 bridgehead atoms. The number of hydrogen-bond acceptors (Lipinski definition) is 2. The van der Waals surface area contributed by atoms with E-state index in [4.69, 9.17) is 5.21 Å². The van der Waals surface area contributed by atoms with Gasteiger partial charge in [0, 0.05) is 12.6 Å². The first-order valence-electron chi connectivity index (χ1n) is 3.13. The molecule has 0 fully saturated rings. The van der Waals surface area contributed by atoms with E-state index in [1.807, 2.05) is 30.3 Å². The number of benzene rings is 1. The van der Waals surface area contributed by atoms with Crippen molar-refractivity contribution in [2.75, 3.05) is 0 Å². The molecule has 0 aliphatic rings. The summed E-state index contributed by atoms with van der Waals surface area (Å²) in [6, 6.07) is 9.85. The summed E-state index contributed by atoms with van der Waals surface area (Å²) in [5.74, 6) is 0. The van der Waals surface area contributed by atoms with Gasteiger partial charge in [-0.25, -0.2) is 0 Å². The van der Waals surface area contributed by atoms with Gasteiger partial charge in [0.2, 0.25) is 0 Å². The smallest absolute Gasteiger partial charge is 0.0479 e. The van der Waals surface area contributed by atoms with Crippen LogP contribution in [-0.4, -0.2) is 11.4 Å². The van der Waals surface area contributed by atoms with Crippen molar-refractivity contribution in [1.29, 1.82) is 0 Å². The predicted molar refractivity (Wildman–Crippen MR) is 40.4 cm³/mol. The molecule has 0 aliphatic heterocycles. The van der Waals surface area contributed by atoms with Crippen LogP contribution in [0.25, 0.3) is 0 Å². The summed E-state index contributed by atoms with van der Waals surface area (Å²) < 4.78 is 0. The Morgan fingerprint density at radius 2 is 2.00 bits per heavy atom. The third-order valence-electron chi connectivity index (χ3n) is 1.25. The van der Waals surface area contributed by atoms with Gasteiger partial charge in [0.1, 0.15) is 0 Å². The Bertz CT molecular complexity index is 206. The zero-order valence-electron chi connectivity index (χ0n) is 5.57. The van der Waals surface area contributed by atoms with E-state index in [0.29, 0.717) is 6.42 Å². The first kappa shape index (κ1) is 6.81. The molecule has 2 heteroatoms. The van der Waals surface area contributed by atoms with E-state index >= 15 is 0 Å². The minimum absolute atomic E-state index is 0.692. The lowest BCUT2D eigenvalue weighted by molar-refractivity contribution is 0.321. The maximum absolute atomic E-state index is 8.10. The lowest BCUT2D eigenvalue weighted by Crippen LogP contribution is -1.83. The topological polar surface area (TPSA) is 32.6 Å². The Kier molecular flexibility index (Phi) is 2.49. The van der Waals surface area contributed by atoms with Crippen molar-refractivity contribution in [1.82, 2.24) is 0 Å². The van der Waals surface area contributed by atoms with Gasteiger partial charge in [-0.15, -0.1) is 5.16 Å². The first-order valence-corrected chi connectivity index (χ1v) is 3.13. The highest BCUT2D eigenvalue weighted by atomic mass is 16.4. The van der Waals surface area contributed by atoms with E-state index in [2.05, 4.69) is 5.16 Å². The minimum atomic E-state index is 0.692. The summed E-state index contributed by atoms with van der Waals surface area (Å²) in [6.07, 6.45) is 2.16. The van der Waals surface area contributed by atoms with Crippen LogP contribution in [0.5, 0.6) is 0 Å². The fourth-order valence-corrected chi connectivity index (χ4v) is 0.760. The highest BCUT2D eigenvalue weighted by molar-refractivity contribution is 5.60. The third-order valence-corrected chi connectivity index (χ3v) is 1.25. The lowest BCUT2D eigenvalue weighted by Gasteiger charge is -1.90. The lowest BCUT2D eigenvalue weighted by atomic mass is 10.2. The molecule has 0 atom stereocenters. The number of rotatable bonds is 2. The standard InChI is InChI=1S/C8H9NO/c10-9-7-6-8-4-2-1-3-5-8/h1-5,7,10H,6H2/b9-7-. The van der Waals surface area contributed by atoms with Gasteiger partial charge in [0.05, 0.1) is 0 Å². The second-order valence-corrected chi connectivity index (χ2v) is 1.99. The molecule has 1 rings (SSSR count). The number of hydrogen-bond donors (Lipinski definition) is 1. The molecule has 0 saturated heterocycles. The van der Waals surface area contributed by atoms with Crippen LogP contribution in [0.1, 0.15) is 5.56 Å². The summed E-state index contributed by atoms with van der Waals surface area (Å²) in [4.78, 5) is 0. The molecule has 0 aliphatic carbocycles. The molecule has 2 nitrogen and oxygen atoms in total. The van der Waals surface area contributed by atoms with Crippen molar-refractivity contribution < 1.29 is 5.21 Å². The van der Waals surface area contributed by atoms with Gasteiger partial charge in [-0.3, -0.25) is 0 Å². The van der Waals surface area contributed by atoms with E-state index in [0.717, 1.165) is 5.56 Å². The SMILES string of the molecule is O/N=C\Cc1ccccc1. The molecule has 0 saturated carbocycles. The van der Waals surface area contributed by atoms with E-state index in [1.54, 1.807) is 0 Å². The zero-order valence-corrected chi connectivity index (χ0v) is 5.57. The summed E-state index contributed by atoms with van der Waals surface area (Å²) in [7, 11) is 0. The second-order valence-electron chi connectivity index (χ2n) is 1.99. The summed E-state index contributed by atoms with van der Waals surface area (Å²) in [6.45, 7) is 0. The van der Waals surface area contributed by atoms with Gasteiger partial charge in [-0.05, 0) is 5.56 Å². The van der Waals surface area contributed by atoms with Crippen molar-refractivity contribution in [3.05, 3.63) is 35.9 Å². The summed E-state index contributed by atoms with van der Waals surface area (Å²) in [5.41, 5.74) is 1.15. The van der Waals surface area contributed by atoms with Crippen LogP contribution in [-0.2, 0) is 6.42 Å². The quantitative estimate of drug-likeness (QED) is 0.373. The first-order chi connectivity index (χ1) is 4.93. The van der Waals surface area contributed by atoms with Gasteiger partial charge in [0.15, 0.2) is 0 Å². The van der Waals surface area contributed by atoms with Crippen molar-refractivity contribution >= 4 is 6.21 Å². The normalized spacial score (nSPS) is 10.4. The van der Waals surface area contributed by atoms with Crippen molar-refractivity contribution in [2.24, 2.45) is 5.16 Å². The van der Waals surface area contributed by atoms with Crippen LogP contribution in [0.4, 0.5) is 0 Å². The van der Waals surface area contributed by atoms with Crippen LogP contribution in [0, 0.1) is 0 Å². The molecule has 0 spiro atoms. The van der Waals surface area contributed by atoms with E-state index in [9.17, 15) is 0 Å². The fraction of sp³-hybridized carbons (Fsp3) is 0.125. The van der Waals surface area contributed by atoms with E-state index in [-0.39, 0.29) is 0 Å². The zero-order chi connectivity index (χ0) is 7.23. The van der Waals surface area contributed by atoms with Gasteiger partial charge < -0.3 is 5.21 Å². The summed E-state index contributed by atoms with van der Waals surface area (Å²) in [5, 5.41) is 11.0. The largest absolute Gasteiger partial charge is 0.411 e. The van der Waals surface area contributed by atoms with Crippen molar-refractivity contribution in [3.63, 3.8) is 0 Å². The molecular formula is C8H9NO. The Labute approximate surface area is 59.8 Å². The van der Waals surface area contributed by atoms with Gasteiger partial charge in [0.25, 0.3) is 0 Å².